The number of hydrogen-bond donors (Lipinski definition) is 0. The van der Waals surface area contributed by atoms with Gasteiger partial charge in [0, 0.05) is 6.54 Å². The standard InChI is InChI=1S/C26H26FNO5/c1-30-24-14-18-12-13-28(26(29)17-33-20-6-4-3-5-7-20)23(22(18)15-25(24)31-2)16-32-21-10-8-19(27)9-11-21/h3-11,14-15,23H,12-13,16-17H2,1-2H3. The Morgan fingerprint density at radius 3 is 2.30 bits per heavy atom. The molecule has 1 atom stereocenters. The van der Waals surface area contributed by atoms with Crippen LogP contribution in [-0.2, 0) is 11.2 Å². The van der Waals surface area contributed by atoms with Crippen molar-refractivity contribution in [3.05, 3.63) is 83.7 Å². The monoisotopic (exact) mass is 451 g/mol. The van der Waals surface area contributed by atoms with Crippen molar-refractivity contribution in [3.8, 4) is 23.0 Å². The summed E-state index contributed by atoms with van der Waals surface area (Å²) < 4.78 is 35.9. The molecule has 3 aromatic rings. The number of ether oxygens (including phenoxy) is 4. The Balaban J connectivity index is 1.59. The number of nitrogens with zero attached hydrogens (tertiary/aromatic N) is 1. The van der Waals surface area contributed by atoms with Crippen molar-refractivity contribution in [1.82, 2.24) is 4.90 Å². The average Bonchev–Trinajstić information content (AvgIpc) is 2.86. The van der Waals surface area contributed by atoms with Gasteiger partial charge >= 0.3 is 0 Å². The highest BCUT2D eigenvalue weighted by molar-refractivity contribution is 5.79. The molecule has 0 fully saturated rings. The van der Waals surface area contributed by atoms with E-state index in [1.807, 2.05) is 42.5 Å². The summed E-state index contributed by atoms with van der Waals surface area (Å²) in [5.41, 5.74) is 1.99. The highest BCUT2D eigenvalue weighted by atomic mass is 19.1. The Labute approximate surface area is 192 Å². The molecule has 0 bridgehead atoms. The Hall–Kier alpha value is -3.74. The highest BCUT2D eigenvalue weighted by Crippen LogP contribution is 2.38. The molecule has 0 N–H and O–H groups in total. The first kappa shape index (κ1) is 22.5. The van der Waals surface area contributed by atoms with Crippen molar-refractivity contribution in [3.63, 3.8) is 0 Å². The zero-order chi connectivity index (χ0) is 23.2. The zero-order valence-corrected chi connectivity index (χ0v) is 18.6. The second kappa shape index (κ2) is 10.3. The van der Waals surface area contributed by atoms with Gasteiger partial charge in [-0.2, -0.15) is 0 Å². The van der Waals surface area contributed by atoms with Crippen LogP contribution in [-0.4, -0.2) is 44.8 Å². The minimum atomic E-state index is -0.370. The van der Waals surface area contributed by atoms with Crippen molar-refractivity contribution >= 4 is 5.91 Å². The van der Waals surface area contributed by atoms with Crippen molar-refractivity contribution in [1.29, 1.82) is 0 Å². The number of fused-ring (bicyclic) bond motifs is 1. The Morgan fingerprint density at radius 2 is 1.61 bits per heavy atom. The molecule has 0 saturated heterocycles. The van der Waals surface area contributed by atoms with Gasteiger partial charge in [0.1, 0.15) is 23.9 Å². The fraction of sp³-hybridized carbons (Fsp3) is 0.269. The summed E-state index contributed by atoms with van der Waals surface area (Å²) >= 11 is 0. The maximum atomic E-state index is 13.3. The van der Waals surface area contributed by atoms with Crippen molar-refractivity contribution in [2.24, 2.45) is 0 Å². The largest absolute Gasteiger partial charge is 0.493 e. The van der Waals surface area contributed by atoms with Gasteiger partial charge in [-0.1, -0.05) is 18.2 Å². The Bertz CT molecular complexity index is 1090. The number of para-hydroxylation sites is 1. The Morgan fingerprint density at radius 1 is 0.939 bits per heavy atom. The molecule has 1 unspecified atom stereocenters. The molecule has 1 amide bonds. The number of carbonyl (C=O) groups is 1. The van der Waals surface area contributed by atoms with Crippen LogP contribution in [0.15, 0.2) is 66.7 Å². The van der Waals surface area contributed by atoms with Crippen LogP contribution >= 0.6 is 0 Å². The summed E-state index contributed by atoms with van der Waals surface area (Å²) in [7, 11) is 3.17. The van der Waals surface area contributed by atoms with Gasteiger partial charge < -0.3 is 23.8 Å². The third kappa shape index (κ3) is 5.19. The molecule has 0 radical (unpaired) electrons. The number of hydrogen-bond acceptors (Lipinski definition) is 5. The third-order valence-electron chi connectivity index (χ3n) is 5.65. The highest BCUT2D eigenvalue weighted by Gasteiger charge is 2.33. The van der Waals surface area contributed by atoms with E-state index in [0.29, 0.717) is 36.0 Å². The summed E-state index contributed by atoms with van der Waals surface area (Å²) in [6, 6.07) is 18.5. The average molecular weight is 451 g/mol. The molecule has 0 saturated carbocycles. The quantitative estimate of drug-likeness (QED) is 0.507. The van der Waals surface area contributed by atoms with Gasteiger partial charge in [-0.25, -0.2) is 4.39 Å². The van der Waals surface area contributed by atoms with Crippen molar-refractivity contribution in [2.45, 2.75) is 12.5 Å². The predicted octanol–water partition coefficient (Wildman–Crippen LogP) is 4.43. The van der Waals surface area contributed by atoms with Crippen LogP contribution in [0.4, 0.5) is 4.39 Å². The van der Waals surface area contributed by atoms with Gasteiger partial charge in [0.25, 0.3) is 5.91 Å². The maximum absolute atomic E-state index is 13.3. The minimum absolute atomic E-state index is 0.0836. The van der Waals surface area contributed by atoms with E-state index in [1.54, 1.807) is 31.3 Å². The normalized spacial score (nSPS) is 14.9. The van der Waals surface area contributed by atoms with Crippen LogP contribution in [0.3, 0.4) is 0 Å². The van der Waals surface area contributed by atoms with Crippen molar-refractivity contribution < 1.29 is 28.1 Å². The molecule has 172 valence electrons. The fourth-order valence-corrected chi connectivity index (χ4v) is 3.96. The number of rotatable bonds is 8. The molecule has 6 nitrogen and oxygen atoms in total. The molecule has 4 rings (SSSR count). The van der Waals surface area contributed by atoms with E-state index in [1.165, 1.54) is 12.1 Å². The number of carbonyl (C=O) groups excluding carboxylic acids is 1. The van der Waals surface area contributed by atoms with E-state index in [0.717, 1.165) is 11.1 Å². The fourth-order valence-electron chi connectivity index (χ4n) is 3.96. The molecule has 3 aromatic carbocycles. The van der Waals surface area contributed by atoms with Gasteiger partial charge in [-0.05, 0) is 66.1 Å². The molecular formula is C26H26FNO5. The van der Waals surface area contributed by atoms with E-state index in [-0.39, 0.29) is 31.0 Å². The van der Waals surface area contributed by atoms with E-state index in [9.17, 15) is 9.18 Å². The van der Waals surface area contributed by atoms with Gasteiger partial charge in [0.2, 0.25) is 0 Å². The molecular weight excluding hydrogens is 425 g/mol. The van der Waals surface area contributed by atoms with E-state index in [4.69, 9.17) is 18.9 Å². The third-order valence-corrected chi connectivity index (χ3v) is 5.65. The number of benzene rings is 3. The van der Waals surface area contributed by atoms with Crippen LogP contribution in [0.1, 0.15) is 17.2 Å². The molecule has 1 aliphatic rings. The first-order valence-electron chi connectivity index (χ1n) is 10.7. The van der Waals surface area contributed by atoms with Gasteiger partial charge in [0.05, 0.1) is 20.3 Å². The summed E-state index contributed by atoms with van der Waals surface area (Å²) in [5.74, 6) is 1.90. The summed E-state index contributed by atoms with van der Waals surface area (Å²) in [4.78, 5) is 14.9. The lowest BCUT2D eigenvalue weighted by molar-refractivity contribution is -0.137. The number of halogens is 1. The lowest BCUT2D eigenvalue weighted by atomic mass is 9.92. The minimum Gasteiger partial charge on any atom is -0.493 e. The summed E-state index contributed by atoms with van der Waals surface area (Å²) in [6.45, 7) is 0.627. The molecule has 33 heavy (non-hydrogen) atoms. The molecule has 1 aliphatic heterocycles. The molecule has 0 aliphatic carbocycles. The second-order valence-corrected chi connectivity index (χ2v) is 7.63. The van der Waals surface area contributed by atoms with Crippen LogP contribution < -0.4 is 18.9 Å². The first-order chi connectivity index (χ1) is 16.1. The van der Waals surface area contributed by atoms with E-state index in [2.05, 4.69) is 0 Å². The molecule has 7 heteroatoms. The molecule has 0 aromatic heterocycles. The van der Waals surface area contributed by atoms with Crippen LogP contribution in [0.2, 0.25) is 0 Å². The topological polar surface area (TPSA) is 57.2 Å². The maximum Gasteiger partial charge on any atom is 0.261 e. The predicted molar refractivity (Wildman–Crippen MR) is 122 cm³/mol. The zero-order valence-electron chi connectivity index (χ0n) is 18.6. The van der Waals surface area contributed by atoms with Gasteiger partial charge in [-0.15, -0.1) is 0 Å². The van der Waals surface area contributed by atoms with Crippen LogP contribution in [0.25, 0.3) is 0 Å². The van der Waals surface area contributed by atoms with Crippen LogP contribution in [0.5, 0.6) is 23.0 Å². The summed E-state index contributed by atoms with van der Waals surface area (Å²) in [5, 5.41) is 0. The molecule has 1 heterocycles. The lowest BCUT2D eigenvalue weighted by Gasteiger charge is -2.37. The molecule has 0 spiro atoms. The smallest absolute Gasteiger partial charge is 0.261 e. The summed E-state index contributed by atoms with van der Waals surface area (Å²) in [6.07, 6.45) is 0.666. The Kier molecular flexibility index (Phi) is 6.98. The van der Waals surface area contributed by atoms with Crippen LogP contribution in [0, 0.1) is 5.82 Å². The lowest BCUT2D eigenvalue weighted by Crippen LogP contribution is -2.44. The SMILES string of the molecule is COc1cc2c(cc1OC)C(COc1ccc(F)cc1)N(C(=O)COc1ccccc1)CC2. The first-order valence-corrected chi connectivity index (χ1v) is 10.7. The van der Waals surface area contributed by atoms with Gasteiger partial charge in [-0.3, -0.25) is 4.79 Å². The van der Waals surface area contributed by atoms with E-state index < -0.39 is 0 Å². The van der Waals surface area contributed by atoms with Gasteiger partial charge in [0.15, 0.2) is 18.1 Å². The second-order valence-electron chi connectivity index (χ2n) is 7.63. The van der Waals surface area contributed by atoms with E-state index >= 15 is 0 Å². The van der Waals surface area contributed by atoms with Crippen molar-refractivity contribution in [2.75, 3.05) is 34.0 Å². The number of methoxy groups -OCH3 is 2. The number of amides is 1.